The number of aryl methyl sites for hydroxylation is 1. The molecule has 0 spiro atoms. The molecule has 0 bridgehead atoms. The Kier molecular flexibility index (Phi) is 6.64. The van der Waals surface area contributed by atoms with Gasteiger partial charge in [0.05, 0.1) is 0 Å². The van der Waals surface area contributed by atoms with Crippen molar-refractivity contribution < 1.29 is 8.42 Å². The van der Waals surface area contributed by atoms with Crippen molar-refractivity contribution in [3.8, 4) is 0 Å². The number of hydrogen-bond acceptors (Lipinski definition) is 3. The fourth-order valence-corrected chi connectivity index (χ4v) is 3.44. The van der Waals surface area contributed by atoms with Crippen LogP contribution in [0.15, 0.2) is 29.3 Å². The molecule has 0 aliphatic heterocycles. The zero-order valence-electron chi connectivity index (χ0n) is 13.5. The first-order valence-corrected chi connectivity index (χ1v) is 8.77. The maximum Gasteiger partial charge on any atom is 0.244 e. The van der Waals surface area contributed by atoms with Crippen molar-refractivity contribution in [3.63, 3.8) is 0 Å². The molecule has 1 rings (SSSR count). The van der Waals surface area contributed by atoms with Crippen LogP contribution in [0.5, 0.6) is 0 Å². The van der Waals surface area contributed by atoms with Crippen molar-refractivity contribution in [1.82, 2.24) is 14.2 Å². The summed E-state index contributed by atoms with van der Waals surface area (Å²) >= 11 is 0. The van der Waals surface area contributed by atoms with E-state index >= 15 is 0 Å². The molecule has 0 saturated carbocycles. The summed E-state index contributed by atoms with van der Waals surface area (Å²) in [5, 5.41) is 3.31. The van der Waals surface area contributed by atoms with Crippen LogP contribution in [-0.4, -0.2) is 37.4 Å². The smallest absolute Gasteiger partial charge is 0.244 e. The van der Waals surface area contributed by atoms with Crippen molar-refractivity contribution in [2.24, 2.45) is 0 Å². The van der Waals surface area contributed by atoms with Crippen LogP contribution >= 0.6 is 0 Å². The minimum atomic E-state index is -3.45. The van der Waals surface area contributed by atoms with Crippen LogP contribution in [0.25, 0.3) is 0 Å². The van der Waals surface area contributed by atoms with Gasteiger partial charge < -0.3 is 9.88 Å². The minimum Gasteiger partial charge on any atom is -0.349 e. The first-order valence-electron chi connectivity index (χ1n) is 7.33. The first kappa shape index (κ1) is 17.9. The van der Waals surface area contributed by atoms with E-state index in [2.05, 4.69) is 18.8 Å². The molecular weight excluding hydrogens is 286 g/mol. The molecule has 0 unspecified atom stereocenters. The average molecular weight is 313 g/mol. The highest BCUT2D eigenvalue weighted by atomic mass is 32.2. The summed E-state index contributed by atoms with van der Waals surface area (Å²) in [6, 6.07) is 1.76. The topological polar surface area (TPSA) is 54.3 Å². The third kappa shape index (κ3) is 4.69. The first-order chi connectivity index (χ1) is 9.82. The Labute approximate surface area is 128 Å². The van der Waals surface area contributed by atoms with Crippen molar-refractivity contribution in [2.75, 3.05) is 20.1 Å². The van der Waals surface area contributed by atoms with Gasteiger partial charge in [-0.15, -0.1) is 0 Å². The van der Waals surface area contributed by atoms with Gasteiger partial charge in [0.15, 0.2) is 0 Å². The lowest BCUT2D eigenvalue weighted by molar-refractivity contribution is 0.493. The Balaban J connectivity index is 2.99. The molecule has 1 heterocycles. The van der Waals surface area contributed by atoms with E-state index < -0.39 is 10.0 Å². The second kappa shape index (κ2) is 7.77. The fourth-order valence-electron chi connectivity index (χ4n) is 2.15. The maximum absolute atomic E-state index is 12.5. The highest BCUT2D eigenvalue weighted by Crippen LogP contribution is 2.19. The minimum absolute atomic E-state index is 0.336. The highest BCUT2D eigenvalue weighted by molar-refractivity contribution is 7.89. The summed E-state index contributed by atoms with van der Waals surface area (Å²) in [6.07, 6.45) is 2.77. The molecule has 1 aromatic rings. The second-order valence-electron chi connectivity index (χ2n) is 5.35. The van der Waals surface area contributed by atoms with Crippen LogP contribution in [0, 0.1) is 0 Å². The molecular formula is C15H27N3O2S. The molecule has 6 heteroatoms. The predicted molar refractivity (Wildman–Crippen MR) is 86.7 cm³/mol. The Morgan fingerprint density at radius 1 is 1.43 bits per heavy atom. The van der Waals surface area contributed by atoms with Crippen molar-refractivity contribution in [3.05, 3.63) is 30.1 Å². The summed E-state index contributed by atoms with van der Waals surface area (Å²) in [5.74, 6) is 0. The summed E-state index contributed by atoms with van der Waals surface area (Å²) in [6.45, 7) is 12.4. The zero-order chi connectivity index (χ0) is 16.0. The van der Waals surface area contributed by atoms with E-state index in [1.807, 2.05) is 18.4 Å². The third-order valence-corrected chi connectivity index (χ3v) is 5.00. The van der Waals surface area contributed by atoms with Gasteiger partial charge in [-0.2, -0.15) is 4.31 Å². The fraction of sp³-hybridized carbons (Fsp3) is 0.600. The molecule has 0 aliphatic rings. The molecule has 0 aromatic carbocycles. The number of rotatable bonds is 9. The standard InChI is InChI=1S/C15H27N3O2S/c1-6-8-16-10-14-9-15(12-18(14)7-2)21(19,20)17(5)11-13(3)4/h9,12,16H,3,6-8,10-11H2,1-2,4-5H3. The van der Waals surface area contributed by atoms with E-state index in [-0.39, 0.29) is 0 Å². The van der Waals surface area contributed by atoms with Gasteiger partial charge >= 0.3 is 0 Å². The van der Waals surface area contributed by atoms with Crippen LogP contribution in [0.3, 0.4) is 0 Å². The number of hydrogen-bond donors (Lipinski definition) is 1. The molecule has 0 radical (unpaired) electrons. The lowest BCUT2D eigenvalue weighted by Gasteiger charge is -2.15. The molecule has 21 heavy (non-hydrogen) atoms. The van der Waals surface area contributed by atoms with Crippen LogP contribution in [-0.2, 0) is 23.1 Å². The number of likely N-dealkylation sites (N-methyl/N-ethyl adjacent to an activating group) is 1. The highest BCUT2D eigenvalue weighted by Gasteiger charge is 2.23. The van der Waals surface area contributed by atoms with Gasteiger partial charge in [-0.1, -0.05) is 19.1 Å². The number of sulfonamides is 1. The van der Waals surface area contributed by atoms with Gasteiger partial charge in [-0.3, -0.25) is 0 Å². The van der Waals surface area contributed by atoms with E-state index in [4.69, 9.17) is 0 Å². The normalized spacial score (nSPS) is 12.0. The number of nitrogens with zero attached hydrogens (tertiary/aromatic N) is 2. The van der Waals surface area contributed by atoms with Gasteiger partial charge in [-0.05, 0) is 32.9 Å². The Hall–Kier alpha value is -1.11. The maximum atomic E-state index is 12.5. The van der Waals surface area contributed by atoms with E-state index in [1.165, 1.54) is 4.31 Å². The number of nitrogens with one attached hydrogen (secondary N) is 1. The van der Waals surface area contributed by atoms with E-state index in [0.29, 0.717) is 18.0 Å². The zero-order valence-corrected chi connectivity index (χ0v) is 14.3. The molecule has 5 nitrogen and oxygen atoms in total. The molecule has 0 fully saturated rings. The lowest BCUT2D eigenvalue weighted by atomic mass is 10.4. The predicted octanol–water partition coefficient (Wildman–Crippen LogP) is 2.20. The molecule has 1 aromatic heterocycles. The Morgan fingerprint density at radius 2 is 2.10 bits per heavy atom. The van der Waals surface area contributed by atoms with Crippen molar-refractivity contribution >= 4 is 10.0 Å². The van der Waals surface area contributed by atoms with Crippen LogP contribution in [0.2, 0.25) is 0 Å². The second-order valence-corrected chi connectivity index (χ2v) is 7.39. The molecule has 0 saturated heterocycles. The largest absolute Gasteiger partial charge is 0.349 e. The van der Waals surface area contributed by atoms with E-state index in [0.717, 1.165) is 30.8 Å². The van der Waals surface area contributed by atoms with Gasteiger partial charge in [0.1, 0.15) is 4.90 Å². The van der Waals surface area contributed by atoms with Gasteiger partial charge in [0.2, 0.25) is 10.0 Å². The number of aromatic nitrogens is 1. The summed E-state index contributed by atoms with van der Waals surface area (Å²) < 4.78 is 28.4. The Bertz CT molecular complexity index is 576. The lowest BCUT2D eigenvalue weighted by Crippen LogP contribution is -2.28. The average Bonchev–Trinajstić information content (AvgIpc) is 2.82. The monoisotopic (exact) mass is 313 g/mol. The van der Waals surface area contributed by atoms with Crippen LogP contribution in [0.1, 0.15) is 32.9 Å². The SMILES string of the molecule is C=C(C)CN(C)S(=O)(=O)c1cc(CNCCC)n(CC)c1. The van der Waals surface area contributed by atoms with Gasteiger partial charge in [0, 0.05) is 38.6 Å². The molecule has 0 amide bonds. The van der Waals surface area contributed by atoms with Crippen LogP contribution in [0.4, 0.5) is 0 Å². The Morgan fingerprint density at radius 3 is 2.62 bits per heavy atom. The molecule has 120 valence electrons. The van der Waals surface area contributed by atoms with Crippen molar-refractivity contribution in [1.29, 1.82) is 0 Å². The molecule has 0 atom stereocenters. The van der Waals surface area contributed by atoms with Gasteiger partial charge in [0.25, 0.3) is 0 Å². The van der Waals surface area contributed by atoms with E-state index in [1.54, 1.807) is 19.3 Å². The summed E-state index contributed by atoms with van der Waals surface area (Å²) in [4.78, 5) is 0.349. The molecule has 1 N–H and O–H groups in total. The summed E-state index contributed by atoms with van der Waals surface area (Å²) in [5.41, 5.74) is 1.81. The molecule has 0 aliphatic carbocycles. The van der Waals surface area contributed by atoms with E-state index in [9.17, 15) is 8.42 Å². The third-order valence-electron chi connectivity index (χ3n) is 3.24. The van der Waals surface area contributed by atoms with Gasteiger partial charge in [-0.25, -0.2) is 8.42 Å². The summed E-state index contributed by atoms with van der Waals surface area (Å²) in [7, 11) is -1.87. The van der Waals surface area contributed by atoms with Crippen LogP contribution < -0.4 is 5.32 Å². The van der Waals surface area contributed by atoms with Crippen molar-refractivity contribution in [2.45, 2.75) is 45.2 Å². The quantitative estimate of drug-likeness (QED) is 0.562.